The molecule has 0 radical (unpaired) electrons. The Balaban J connectivity index is 1.98. The molecule has 0 aliphatic rings. The lowest BCUT2D eigenvalue weighted by atomic mass is 10.1. The van der Waals surface area contributed by atoms with E-state index in [1.54, 1.807) is 18.2 Å². The molecule has 6 heteroatoms. The fourth-order valence-corrected chi connectivity index (χ4v) is 2.93. The molecule has 0 spiro atoms. The maximum absolute atomic E-state index is 12.7. The molecule has 2 aromatic carbocycles. The van der Waals surface area contributed by atoms with Crippen molar-refractivity contribution in [2.24, 2.45) is 0 Å². The van der Waals surface area contributed by atoms with Gasteiger partial charge < -0.3 is 14.5 Å². The summed E-state index contributed by atoms with van der Waals surface area (Å²) in [5.74, 6) is 0.352. The van der Waals surface area contributed by atoms with E-state index < -0.39 is 0 Å². The van der Waals surface area contributed by atoms with Gasteiger partial charge in [-0.15, -0.1) is 0 Å². The van der Waals surface area contributed by atoms with Crippen LogP contribution in [0.5, 0.6) is 5.75 Å². The monoisotopic (exact) mass is 398 g/mol. The van der Waals surface area contributed by atoms with Crippen LogP contribution in [0.4, 0.5) is 5.69 Å². The van der Waals surface area contributed by atoms with Crippen LogP contribution in [0.3, 0.4) is 0 Å². The van der Waals surface area contributed by atoms with Crippen molar-refractivity contribution in [2.45, 2.75) is 13.8 Å². The molecule has 25 heavy (non-hydrogen) atoms. The third-order valence-corrected chi connectivity index (χ3v) is 4.25. The van der Waals surface area contributed by atoms with E-state index in [9.17, 15) is 4.79 Å². The summed E-state index contributed by atoms with van der Waals surface area (Å²) in [4.78, 5) is 12.7. The number of rotatable bonds is 4. The molecule has 0 aliphatic carbocycles. The molecule has 0 saturated carbocycles. The Morgan fingerprint density at radius 3 is 2.84 bits per heavy atom. The third-order valence-electron chi connectivity index (χ3n) is 3.76. The third kappa shape index (κ3) is 3.37. The maximum atomic E-state index is 12.7. The number of benzene rings is 2. The average molecular weight is 399 g/mol. The molecule has 1 heterocycles. The number of nitrogens with one attached hydrogen (secondary N) is 1. The second kappa shape index (κ2) is 6.99. The Morgan fingerprint density at radius 1 is 1.32 bits per heavy atom. The van der Waals surface area contributed by atoms with E-state index in [2.05, 4.69) is 27.3 Å². The molecule has 126 valence electrons. The molecule has 0 fully saturated rings. The first-order valence-electron chi connectivity index (χ1n) is 7.70. The summed E-state index contributed by atoms with van der Waals surface area (Å²) in [5.41, 5.74) is 2.26. The zero-order chi connectivity index (χ0) is 18.0. The Labute approximate surface area is 153 Å². The number of nitrogens with zero attached hydrogens (tertiary/aromatic N) is 1. The number of aryl methyl sites for hydroxylation is 1. The van der Waals surface area contributed by atoms with Crippen molar-refractivity contribution < 1.29 is 13.9 Å². The predicted octanol–water partition coefficient (Wildman–Crippen LogP) is 5.03. The number of furan rings is 1. The van der Waals surface area contributed by atoms with Crippen LogP contribution >= 0.6 is 15.9 Å². The van der Waals surface area contributed by atoms with Crippen LogP contribution in [0.15, 0.2) is 45.3 Å². The van der Waals surface area contributed by atoms with Crippen molar-refractivity contribution >= 4 is 38.5 Å². The van der Waals surface area contributed by atoms with Gasteiger partial charge in [0.25, 0.3) is 5.91 Å². The highest BCUT2D eigenvalue weighted by atomic mass is 79.9. The lowest BCUT2D eigenvalue weighted by molar-refractivity contribution is 0.0997. The highest BCUT2D eigenvalue weighted by molar-refractivity contribution is 9.10. The smallest absolute Gasteiger partial charge is 0.291 e. The second-order valence-corrected chi connectivity index (χ2v) is 6.32. The van der Waals surface area contributed by atoms with Crippen molar-refractivity contribution in [3.63, 3.8) is 0 Å². The summed E-state index contributed by atoms with van der Waals surface area (Å²) >= 11 is 3.42. The van der Waals surface area contributed by atoms with Crippen molar-refractivity contribution in [3.8, 4) is 11.8 Å². The van der Waals surface area contributed by atoms with Crippen LogP contribution in [-0.4, -0.2) is 12.5 Å². The van der Waals surface area contributed by atoms with E-state index in [1.807, 2.05) is 32.0 Å². The highest BCUT2D eigenvalue weighted by Crippen LogP contribution is 2.30. The minimum absolute atomic E-state index is 0.234. The van der Waals surface area contributed by atoms with Gasteiger partial charge in [-0.2, -0.15) is 5.26 Å². The summed E-state index contributed by atoms with van der Waals surface area (Å²) in [5, 5.41) is 12.7. The predicted molar refractivity (Wildman–Crippen MR) is 98.9 cm³/mol. The molecule has 1 aromatic heterocycles. The van der Waals surface area contributed by atoms with Gasteiger partial charge >= 0.3 is 0 Å². The fraction of sp³-hybridized carbons (Fsp3) is 0.158. The molecular formula is C19H15BrN2O3. The molecule has 1 amide bonds. The SMILES string of the molecule is CCOc1ccc(C#N)cc1NC(=O)c1oc2ccc(Br)cc2c1C. The topological polar surface area (TPSA) is 75.3 Å². The van der Waals surface area contributed by atoms with Gasteiger partial charge in [0.1, 0.15) is 11.3 Å². The minimum Gasteiger partial charge on any atom is -0.492 e. The van der Waals surface area contributed by atoms with E-state index in [0.717, 1.165) is 15.4 Å². The molecule has 3 rings (SSSR count). The van der Waals surface area contributed by atoms with E-state index in [-0.39, 0.29) is 11.7 Å². The second-order valence-electron chi connectivity index (χ2n) is 5.41. The Kier molecular flexibility index (Phi) is 4.77. The zero-order valence-corrected chi connectivity index (χ0v) is 15.3. The number of fused-ring (bicyclic) bond motifs is 1. The van der Waals surface area contributed by atoms with Crippen LogP contribution in [0.2, 0.25) is 0 Å². The van der Waals surface area contributed by atoms with E-state index in [4.69, 9.17) is 14.4 Å². The average Bonchev–Trinajstić information content (AvgIpc) is 2.93. The summed E-state index contributed by atoms with van der Waals surface area (Å²) in [6.07, 6.45) is 0. The first-order valence-corrected chi connectivity index (χ1v) is 8.49. The van der Waals surface area contributed by atoms with Crippen LogP contribution < -0.4 is 10.1 Å². The summed E-state index contributed by atoms with van der Waals surface area (Å²) < 4.78 is 12.1. The number of ether oxygens (including phenoxy) is 1. The van der Waals surface area contributed by atoms with E-state index in [1.165, 1.54) is 0 Å². The lowest BCUT2D eigenvalue weighted by Crippen LogP contribution is -2.13. The van der Waals surface area contributed by atoms with Gasteiger partial charge in [0, 0.05) is 15.4 Å². The molecule has 3 aromatic rings. The zero-order valence-electron chi connectivity index (χ0n) is 13.7. The quantitative estimate of drug-likeness (QED) is 0.668. The summed E-state index contributed by atoms with van der Waals surface area (Å²) in [7, 11) is 0. The summed E-state index contributed by atoms with van der Waals surface area (Å²) in [6, 6.07) is 12.5. The van der Waals surface area contributed by atoms with Gasteiger partial charge in [0.15, 0.2) is 5.76 Å². The van der Waals surface area contributed by atoms with Gasteiger partial charge in [-0.1, -0.05) is 15.9 Å². The largest absolute Gasteiger partial charge is 0.492 e. The van der Waals surface area contributed by atoms with Crippen molar-refractivity contribution in [1.82, 2.24) is 0 Å². The Morgan fingerprint density at radius 2 is 2.12 bits per heavy atom. The normalized spacial score (nSPS) is 10.5. The van der Waals surface area contributed by atoms with Gasteiger partial charge in [-0.3, -0.25) is 4.79 Å². The first kappa shape index (κ1) is 17.1. The number of carbonyl (C=O) groups is 1. The lowest BCUT2D eigenvalue weighted by Gasteiger charge is -2.11. The van der Waals surface area contributed by atoms with Gasteiger partial charge in [0.05, 0.1) is 23.9 Å². The number of halogens is 1. The number of amides is 1. The maximum Gasteiger partial charge on any atom is 0.291 e. The van der Waals surface area contributed by atoms with E-state index >= 15 is 0 Å². The van der Waals surface area contributed by atoms with Crippen molar-refractivity contribution in [1.29, 1.82) is 5.26 Å². The van der Waals surface area contributed by atoms with Gasteiger partial charge in [-0.25, -0.2) is 0 Å². The molecule has 0 atom stereocenters. The minimum atomic E-state index is -0.388. The molecular weight excluding hydrogens is 384 g/mol. The molecule has 5 nitrogen and oxygen atoms in total. The number of carbonyl (C=O) groups excluding carboxylic acids is 1. The van der Waals surface area contributed by atoms with Crippen molar-refractivity contribution in [2.75, 3.05) is 11.9 Å². The first-order chi connectivity index (χ1) is 12.0. The number of nitriles is 1. The van der Waals surface area contributed by atoms with Crippen LogP contribution in [-0.2, 0) is 0 Å². The van der Waals surface area contributed by atoms with Crippen LogP contribution in [0, 0.1) is 18.3 Å². The fourth-order valence-electron chi connectivity index (χ4n) is 2.57. The standard InChI is InChI=1S/C19H15BrN2O3/c1-3-24-17-6-4-12(10-21)8-15(17)22-19(23)18-11(2)14-9-13(20)5-7-16(14)25-18/h4-9H,3H2,1-2H3,(H,22,23). The molecule has 0 aliphatic heterocycles. The molecule has 0 bridgehead atoms. The van der Waals surface area contributed by atoms with Crippen molar-refractivity contribution in [3.05, 3.63) is 57.8 Å². The number of hydrogen-bond acceptors (Lipinski definition) is 4. The molecule has 0 saturated heterocycles. The van der Waals surface area contributed by atoms with Crippen LogP contribution in [0.25, 0.3) is 11.0 Å². The summed E-state index contributed by atoms with van der Waals surface area (Å²) in [6.45, 7) is 4.14. The Bertz CT molecular complexity index is 1000. The molecule has 1 N–H and O–H groups in total. The number of anilines is 1. The highest BCUT2D eigenvalue weighted by Gasteiger charge is 2.19. The van der Waals surface area contributed by atoms with Crippen LogP contribution in [0.1, 0.15) is 28.6 Å². The van der Waals surface area contributed by atoms with Gasteiger partial charge in [0.2, 0.25) is 0 Å². The van der Waals surface area contributed by atoms with E-state index in [0.29, 0.717) is 29.2 Å². The molecule has 0 unspecified atom stereocenters. The van der Waals surface area contributed by atoms with Gasteiger partial charge in [-0.05, 0) is 50.2 Å². The Hall–Kier alpha value is -2.78. The number of hydrogen-bond donors (Lipinski definition) is 1.